The van der Waals surface area contributed by atoms with Crippen LogP contribution in [0, 0.1) is 0 Å². The van der Waals surface area contributed by atoms with E-state index >= 15 is 0 Å². The summed E-state index contributed by atoms with van der Waals surface area (Å²) >= 11 is 0. The first kappa shape index (κ1) is 19.5. The Labute approximate surface area is 166 Å². The van der Waals surface area contributed by atoms with Crippen molar-refractivity contribution in [3.05, 3.63) is 71.8 Å². The maximum absolute atomic E-state index is 5.99. The molecular formula is C23H27N3O2. The number of methoxy groups -OCH3 is 2. The molecule has 3 rings (SSSR count). The van der Waals surface area contributed by atoms with Gasteiger partial charge in [0.15, 0.2) is 17.5 Å². The van der Waals surface area contributed by atoms with Gasteiger partial charge in [0.05, 0.1) is 14.2 Å². The highest BCUT2D eigenvalue weighted by molar-refractivity contribution is 5.83. The Morgan fingerprint density at radius 3 is 2.36 bits per heavy atom. The van der Waals surface area contributed by atoms with Crippen LogP contribution in [0.15, 0.2) is 65.7 Å². The molecule has 0 saturated carbocycles. The number of aliphatic imine (C=N–C) groups is 1. The number of nitrogens with one attached hydrogen (secondary N) is 1. The second-order valence-corrected chi connectivity index (χ2v) is 6.56. The molecule has 0 aliphatic carbocycles. The van der Waals surface area contributed by atoms with E-state index in [1.165, 1.54) is 16.3 Å². The second-order valence-electron chi connectivity index (χ2n) is 6.56. The molecule has 0 aliphatic heterocycles. The van der Waals surface area contributed by atoms with E-state index in [1.807, 2.05) is 18.2 Å². The standard InChI is InChI=1S/C23H27N3O2/c1-27-21-10-8-18(16-22(21)28-2)12-14-26-23(24)25-13-11-17-7-9-19-5-3-4-6-20(19)15-17/h3-10,15-16H,11-14H2,1-2H3,(H3,24,25,26). The first-order chi connectivity index (χ1) is 13.7. The predicted octanol–water partition coefficient (Wildman–Crippen LogP) is 3.55. The molecule has 0 bridgehead atoms. The van der Waals surface area contributed by atoms with Gasteiger partial charge in [0.1, 0.15) is 0 Å². The van der Waals surface area contributed by atoms with Crippen molar-refractivity contribution in [3.8, 4) is 11.5 Å². The second kappa shape index (κ2) is 9.65. The lowest BCUT2D eigenvalue weighted by Gasteiger charge is -2.09. The fourth-order valence-electron chi connectivity index (χ4n) is 3.13. The SMILES string of the molecule is COc1ccc(CCN=C(N)NCCc2ccc3ccccc3c2)cc1OC. The summed E-state index contributed by atoms with van der Waals surface area (Å²) in [5.74, 6) is 1.93. The number of ether oxygens (including phenoxy) is 2. The predicted molar refractivity (Wildman–Crippen MR) is 115 cm³/mol. The Balaban J connectivity index is 1.46. The molecular weight excluding hydrogens is 350 g/mol. The molecule has 0 aliphatic rings. The summed E-state index contributed by atoms with van der Waals surface area (Å²) in [6.45, 7) is 1.37. The van der Waals surface area contributed by atoms with E-state index in [0.29, 0.717) is 12.5 Å². The lowest BCUT2D eigenvalue weighted by molar-refractivity contribution is 0.354. The number of rotatable bonds is 8. The maximum atomic E-state index is 5.99. The Morgan fingerprint density at radius 1 is 0.857 bits per heavy atom. The summed E-state index contributed by atoms with van der Waals surface area (Å²) in [7, 11) is 3.27. The average Bonchev–Trinajstić information content (AvgIpc) is 2.73. The molecule has 28 heavy (non-hydrogen) atoms. The number of fused-ring (bicyclic) bond motifs is 1. The van der Waals surface area contributed by atoms with Crippen LogP contribution in [0.4, 0.5) is 0 Å². The van der Waals surface area contributed by atoms with Gasteiger partial charge in [0.25, 0.3) is 0 Å². The Morgan fingerprint density at radius 2 is 1.57 bits per heavy atom. The smallest absolute Gasteiger partial charge is 0.188 e. The van der Waals surface area contributed by atoms with Crippen molar-refractivity contribution in [2.24, 2.45) is 10.7 Å². The van der Waals surface area contributed by atoms with Crippen LogP contribution in [0.2, 0.25) is 0 Å². The monoisotopic (exact) mass is 377 g/mol. The molecule has 0 fully saturated rings. The summed E-state index contributed by atoms with van der Waals surface area (Å²) in [5.41, 5.74) is 8.40. The molecule has 5 heteroatoms. The molecule has 3 aromatic carbocycles. The minimum absolute atomic E-state index is 0.473. The molecule has 0 aromatic heterocycles. The topological polar surface area (TPSA) is 68.9 Å². The summed E-state index contributed by atoms with van der Waals surface area (Å²) in [5, 5.41) is 5.71. The summed E-state index contributed by atoms with van der Waals surface area (Å²) < 4.78 is 10.6. The van der Waals surface area contributed by atoms with Crippen LogP contribution in [-0.2, 0) is 12.8 Å². The Kier molecular flexibility index (Phi) is 6.73. The quantitative estimate of drug-likeness (QED) is 0.465. The van der Waals surface area contributed by atoms with E-state index in [-0.39, 0.29) is 0 Å². The molecule has 0 radical (unpaired) electrons. The Hall–Kier alpha value is -3.21. The van der Waals surface area contributed by atoms with Gasteiger partial charge < -0.3 is 20.5 Å². The van der Waals surface area contributed by atoms with Crippen LogP contribution in [-0.4, -0.2) is 33.3 Å². The van der Waals surface area contributed by atoms with Gasteiger partial charge in [-0.2, -0.15) is 0 Å². The first-order valence-electron chi connectivity index (χ1n) is 9.42. The zero-order valence-electron chi connectivity index (χ0n) is 16.4. The van der Waals surface area contributed by atoms with Gasteiger partial charge in [-0.25, -0.2) is 0 Å². The Bertz CT molecular complexity index is 953. The average molecular weight is 377 g/mol. The summed E-state index contributed by atoms with van der Waals surface area (Å²) in [6.07, 6.45) is 1.68. The zero-order chi connectivity index (χ0) is 19.8. The molecule has 5 nitrogen and oxygen atoms in total. The molecule has 0 unspecified atom stereocenters. The zero-order valence-corrected chi connectivity index (χ0v) is 16.4. The fourth-order valence-corrected chi connectivity index (χ4v) is 3.13. The van der Waals surface area contributed by atoms with Crippen molar-refractivity contribution in [2.45, 2.75) is 12.8 Å². The van der Waals surface area contributed by atoms with E-state index in [1.54, 1.807) is 14.2 Å². The maximum Gasteiger partial charge on any atom is 0.188 e. The van der Waals surface area contributed by atoms with Crippen LogP contribution in [0.25, 0.3) is 10.8 Å². The highest BCUT2D eigenvalue weighted by Crippen LogP contribution is 2.27. The van der Waals surface area contributed by atoms with Gasteiger partial charge in [-0.3, -0.25) is 4.99 Å². The van der Waals surface area contributed by atoms with E-state index < -0.39 is 0 Å². The lowest BCUT2D eigenvalue weighted by Crippen LogP contribution is -2.33. The minimum atomic E-state index is 0.473. The first-order valence-corrected chi connectivity index (χ1v) is 9.42. The van der Waals surface area contributed by atoms with Crippen molar-refractivity contribution in [1.29, 1.82) is 0 Å². The molecule has 0 spiro atoms. The van der Waals surface area contributed by atoms with E-state index in [0.717, 1.165) is 36.4 Å². The normalized spacial score (nSPS) is 11.4. The highest BCUT2D eigenvalue weighted by Gasteiger charge is 2.04. The molecule has 0 heterocycles. The van der Waals surface area contributed by atoms with Crippen LogP contribution in [0.1, 0.15) is 11.1 Å². The van der Waals surface area contributed by atoms with Crippen molar-refractivity contribution in [1.82, 2.24) is 5.32 Å². The lowest BCUT2D eigenvalue weighted by atomic mass is 10.1. The fraction of sp³-hybridized carbons (Fsp3) is 0.261. The van der Waals surface area contributed by atoms with Crippen molar-refractivity contribution < 1.29 is 9.47 Å². The van der Waals surface area contributed by atoms with Crippen LogP contribution >= 0.6 is 0 Å². The van der Waals surface area contributed by atoms with Crippen molar-refractivity contribution >= 4 is 16.7 Å². The third-order valence-electron chi connectivity index (χ3n) is 4.66. The van der Waals surface area contributed by atoms with Crippen molar-refractivity contribution in [2.75, 3.05) is 27.3 Å². The van der Waals surface area contributed by atoms with Gasteiger partial charge in [-0.05, 0) is 46.9 Å². The number of nitrogens with two attached hydrogens (primary N) is 1. The van der Waals surface area contributed by atoms with Crippen LogP contribution in [0.3, 0.4) is 0 Å². The van der Waals surface area contributed by atoms with Gasteiger partial charge in [-0.15, -0.1) is 0 Å². The van der Waals surface area contributed by atoms with E-state index in [9.17, 15) is 0 Å². The molecule has 146 valence electrons. The number of hydrogen-bond acceptors (Lipinski definition) is 3. The number of guanidine groups is 1. The summed E-state index contributed by atoms with van der Waals surface area (Å²) in [6, 6.07) is 20.8. The third kappa shape index (κ3) is 5.16. The van der Waals surface area contributed by atoms with Crippen LogP contribution < -0.4 is 20.5 Å². The van der Waals surface area contributed by atoms with Gasteiger partial charge in [0.2, 0.25) is 0 Å². The highest BCUT2D eigenvalue weighted by atomic mass is 16.5. The molecule has 0 atom stereocenters. The largest absolute Gasteiger partial charge is 0.493 e. The van der Waals surface area contributed by atoms with Gasteiger partial charge in [0, 0.05) is 13.1 Å². The van der Waals surface area contributed by atoms with Crippen molar-refractivity contribution in [3.63, 3.8) is 0 Å². The number of benzene rings is 3. The number of nitrogens with zero attached hydrogens (tertiary/aromatic N) is 1. The van der Waals surface area contributed by atoms with Gasteiger partial charge in [-0.1, -0.05) is 48.5 Å². The molecule has 0 amide bonds. The third-order valence-corrected chi connectivity index (χ3v) is 4.66. The van der Waals surface area contributed by atoms with Gasteiger partial charge >= 0.3 is 0 Å². The van der Waals surface area contributed by atoms with E-state index in [4.69, 9.17) is 15.2 Å². The molecule has 0 saturated heterocycles. The molecule has 3 aromatic rings. The van der Waals surface area contributed by atoms with E-state index in [2.05, 4.69) is 52.8 Å². The van der Waals surface area contributed by atoms with Crippen LogP contribution in [0.5, 0.6) is 11.5 Å². The molecule has 3 N–H and O–H groups in total. The summed E-state index contributed by atoms with van der Waals surface area (Å²) in [4.78, 5) is 4.41. The minimum Gasteiger partial charge on any atom is -0.493 e. The number of hydrogen-bond donors (Lipinski definition) is 2.